The average molecular weight is 242 g/mol. The van der Waals surface area contributed by atoms with Crippen molar-refractivity contribution in [3.05, 3.63) is 59.8 Å². The van der Waals surface area contributed by atoms with Gasteiger partial charge in [-0.05, 0) is 23.6 Å². The van der Waals surface area contributed by atoms with Crippen LogP contribution in [-0.2, 0) is 6.54 Å². The summed E-state index contributed by atoms with van der Waals surface area (Å²) in [4.78, 5) is 4.29. The summed E-state index contributed by atoms with van der Waals surface area (Å²) in [5, 5.41) is 12.9. The molecule has 0 aliphatic carbocycles. The largest absolute Gasteiger partial charge is 0.388 e. The van der Waals surface area contributed by atoms with E-state index >= 15 is 0 Å². The maximum atomic E-state index is 9.67. The summed E-state index contributed by atoms with van der Waals surface area (Å²) in [6.07, 6.45) is 2.01. The van der Waals surface area contributed by atoms with Gasteiger partial charge in [0.15, 0.2) is 0 Å². The van der Waals surface area contributed by atoms with Crippen LogP contribution in [0.2, 0.25) is 0 Å². The van der Waals surface area contributed by atoms with E-state index in [-0.39, 0.29) is 0 Å². The summed E-state index contributed by atoms with van der Waals surface area (Å²) in [6, 6.07) is 14.0. The molecule has 0 saturated carbocycles. The van der Waals surface area contributed by atoms with Crippen LogP contribution in [0.3, 0.4) is 0 Å². The Morgan fingerprint density at radius 3 is 2.56 bits per heavy atom. The first-order valence-corrected chi connectivity index (χ1v) is 6.21. The molecular weight excluding hydrogens is 224 g/mol. The standard InChI is InChI=1S/C15H18N2O/c1-2-14(18)13-8-9-15(17-11-13)16-10-12-6-4-3-5-7-12/h3-9,11,14,18H,2,10H2,1H3,(H,16,17)/t14-/m1/s1. The highest BCUT2D eigenvalue weighted by molar-refractivity contribution is 5.37. The highest BCUT2D eigenvalue weighted by atomic mass is 16.3. The Bertz CT molecular complexity index is 468. The Balaban J connectivity index is 1.94. The fourth-order valence-corrected chi connectivity index (χ4v) is 1.73. The van der Waals surface area contributed by atoms with Crippen molar-refractivity contribution in [3.63, 3.8) is 0 Å². The molecule has 2 rings (SSSR count). The molecule has 0 bridgehead atoms. The zero-order valence-corrected chi connectivity index (χ0v) is 10.5. The summed E-state index contributed by atoms with van der Waals surface area (Å²) in [5.74, 6) is 0.825. The lowest BCUT2D eigenvalue weighted by Crippen LogP contribution is -2.02. The summed E-state index contributed by atoms with van der Waals surface area (Å²) < 4.78 is 0. The molecule has 1 aromatic heterocycles. The number of pyridine rings is 1. The lowest BCUT2D eigenvalue weighted by molar-refractivity contribution is 0.173. The number of benzene rings is 1. The van der Waals surface area contributed by atoms with Crippen molar-refractivity contribution in [2.24, 2.45) is 0 Å². The molecule has 3 nitrogen and oxygen atoms in total. The first-order chi connectivity index (χ1) is 8.79. The van der Waals surface area contributed by atoms with Crippen LogP contribution in [0.5, 0.6) is 0 Å². The topological polar surface area (TPSA) is 45.1 Å². The predicted octanol–water partition coefficient (Wildman–Crippen LogP) is 3.14. The lowest BCUT2D eigenvalue weighted by Gasteiger charge is -2.09. The van der Waals surface area contributed by atoms with Crippen LogP contribution in [0.1, 0.15) is 30.6 Å². The van der Waals surface area contributed by atoms with Crippen molar-refractivity contribution in [1.82, 2.24) is 4.98 Å². The lowest BCUT2D eigenvalue weighted by atomic mass is 10.1. The molecule has 2 N–H and O–H groups in total. The number of aromatic nitrogens is 1. The van der Waals surface area contributed by atoms with Gasteiger partial charge < -0.3 is 10.4 Å². The van der Waals surface area contributed by atoms with Crippen LogP contribution < -0.4 is 5.32 Å². The maximum absolute atomic E-state index is 9.67. The van der Waals surface area contributed by atoms with Crippen molar-refractivity contribution >= 4 is 5.82 Å². The molecule has 94 valence electrons. The molecule has 0 radical (unpaired) electrons. The maximum Gasteiger partial charge on any atom is 0.126 e. The first-order valence-electron chi connectivity index (χ1n) is 6.21. The van der Waals surface area contributed by atoms with E-state index in [2.05, 4.69) is 22.4 Å². The number of nitrogens with zero attached hydrogens (tertiary/aromatic N) is 1. The third-order valence-corrected chi connectivity index (χ3v) is 2.87. The third kappa shape index (κ3) is 3.31. The van der Waals surface area contributed by atoms with Gasteiger partial charge in [0.25, 0.3) is 0 Å². The Morgan fingerprint density at radius 2 is 1.94 bits per heavy atom. The SMILES string of the molecule is CC[C@@H](O)c1ccc(NCc2ccccc2)nc1. The third-order valence-electron chi connectivity index (χ3n) is 2.87. The van der Waals surface area contributed by atoms with E-state index in [0.29, 0.717) is 6.42 Å². The van der Waals surface area contributed by atoms with E-state index < -0.39 is 6.10 Å². The van der Waals surface area contributed by atoms with Gasteiger partial charge in [-0.1, -0.05) is 43.3 Å². The van der Waals surface area contributed by atoms with Gasteiger partial charge >= 0.3 is 0 Å². The van der Waals surface area contributed by atoms with Crippen molar-refractivity contribution in [2.45, 2.75) is 26.0 Å². The van der Waals surface area contributed by atoms with Gasteiger partial charge in [-0.15, -0.1) is 0 Å². The molecular formula is C15H18N2O. The molecule has 1 heterocycles. The van der Waals surface area contributed by atoms with Crippen LogP contribution in [0.4, 0.5) is 5.82 Å². The minimum atomic E-state index is -0.416. The second-order valence-corrected chi connectivity index (χ2v) is 4.24. The fraction of sp³-hybridized carbons (Fsp3) is 0.267. The summed E-state index contributed by atoms with van der Waals surface area (Å²) in [6.45, 7) is 2.70. The Morgan fingerprint density at radius 1 is 1.17 bits per heavy atom. The van der Waals surface area contributed by atoms with Gasteiger partial charge in [-0.2, -0.15) is 0 Å². The van der Waals surface area contributed by atoms with Gasteiger partial charge in [0.05, 0.1) is 6.10 Å². The molecule has 2 aromatic rings. The molecule has 0 aliphatic rings. The van der Waals surface area contributed by atoms with Crippen molar-refractivity contribution in [3.8, 4) is 0 Å². The number of aliphatic hydroxyl groups excluding tert-OH is 1. The van der Waals surface area contributed by atoms with Crippen LogP contribution in [-0.4, -0.2) is 10.1 Å². The Labute approximate surface area is 108 Å². The van der Waals surface area contributed by atoms with Crippen molar-refractivity contribution in [2.75, 3.05) is 5.32 Å². The Hall–Kier alpha value is -1.87. The smallest absolute Gasteiger partial charge is 0.126 e. The van der Waals surface area contributed by atoms with E-state index in [4.69, 9.17) is 0 Å². The molecule has 0 fully saturated rings. The van der Waals surface area contributed by atoms with Gasteiger partial charge in [0.1, 0.15) is 5.82 Å². The predicted molar refractivity (Wildman–Crippen MR) is 73.3 cm³/mol. The van der Waals surface area contributed by atoms with Crippen LogP contribution >= 0.6 is 0 Å². The number of rotatable bonds is 5. The number of hydrogen-bond acceptors (Lipinski definition) is 3. The quantitative estimate of drug-likeness (QED) is 0.846. The second-order valence-electron chi connectivity index (χ2n) is 4.24. The molecule has 1 aromatic carbocycles. The minimum Gasteiger partial charge on any atom is -0.388 e. The zero-order valence-electron chi connectivity index (χ0n) is 10.5. The highest BCUT2D eigenvalue weighted by Gasteiger charge is 2.04. The summed E-state index contributed by atoms with van der Waals surface area (Å²) in [5.41, 5.74) is 2.08. The second kappa shape index (κ2) is 6.17. The van der Waals surface area contributed by atoms with E-state index in [9.17, 15) is 5.11 Å². The normalized spacial score (nSPS) is 12.1. The fourth-order valence-electron chi connectivity index (χ4n) is 1.73. The van der Waals surface area contributed by atoms with E-state index in [1.165, 1.54) is 5.56 Å². The number of hydrogen-bond donors (Lipinski definition) is 2. The van der Waals surface area contributed by atoms with Gasteiger partial charge in [0.2, 0.25) is 0 Å². The molecule has 0 aliphatic heterocycles. The van der Waals surface area contributed by atoms with Gasteiger partial charge in [-0.25, -0.2) is 4.98 Å². The molecule has 18 heavy (non-hydrogen) atoms. The van der Waals surface area contributed by atoms with Gasteiger partial charge in [-0.3, -0.25) is 0 Å². The van der Waals surface area contributed by atoms with Crippen molar-refractivity contribution < 1.29 is 5.11 Å². The van der Waals surface area contributed by atoms with Crippen molar-refractivity contribution in [1.29, 1.82) is 0 Å². The molecule has 0 unspecified atom stereocenters. The van der Waals surface area contributed by atoms with Crippen LogP contribution in [0, 0.1) is 0 Å². The van der Waals surface area contributed by atoms with Crippen LogP contribution in [0.25, 0.3) is 0 Å². The molecule has 0 spiro atoms. The van der Waals surface area contributed by atoms with E-state index in [0.717, 1.165) is 17.9 Å². The number of anilines is 1. The number of aliphatic hydroxyl groups is 1. The minimum absolute atomic E-state index is 0.416. The highest BCUT2D eigenvalue weighted by Crippen LogP contribution is 2.16. The summed E-state index contributed by atoms with van der Waals surface area (Å²) >= 11 is 0. The zero-order chi connectivity index (χ0) is 12.8. The molecule has 0 amide bonds. The van der Waals surface area contributed by atoms with E-state index in [1.807, 2.05) is 37.3 Å². The first kappa shape index (κ1) is 12.6. The summed E-state index contributed by atoms with van der Waals surface area (Å²) in [7, 11) is 0. The molecule has 1 atom stereocenters. The molecule has 0 saturated heterocycles. The monoisotopic (exact) mass is 242 g/mol. The molecule has 3 heteroatoms. The van der Waals surface area contributed by atoms with E-state index in [1.54, 1.807) is 6.20 Å². The number of nitrogens with one attached hydrogen (secondary N) is 1. The van der Waals surface area contributed by atoms with Crippen LogP contribution in [0.15, 0.2) is 48.7 Å². The Kier molecular flexibility index (Phi) is 4.31. The average Bonchev–Trinajstić information content (AvgIpc) is 2.46. The van der Waals surface area contributed by atoms with Gasteiger partial charge in [0, 0.05) is 12.7 Å².